The van der Waals surface area contributed by atoms with Gasteiger partial charge in [-0.25, -0.2) is 0 Å². The second kappa shape index (κ2) is 9.73. The molecule has 2 aromatic carbocycles. The highest BCUT2D eigenvalue weighted by molar-refractivity contribution is 5.93. The summed E-state index contributed by atoms with van der Waals surface area (Å²) in [6.07, 6.45) is 0.908. The number of benzene rings is 2. The monoisotopic (exact) mass is 354 g/mol. The van der Waals surface area contributed by atoms with Crippen LogP contribution in [-0.2, 0) is 9.59 Å². The van der Waals surface area contributed by atoms with Crippen LogP contribution in [-0.4, -0.2) is 31.4 Å². The van der Waals surface area contributed by atoms with E-state index in [0.717, 1.165) is 40.4 Å². The quantitative estimate of drug-likeness (QED) is 0.680. The van der Waals surface area contributed by atoms with Crippen molar-refractivity contribution < 1.29 is 14.5 Å². The molecule has 0 saturated carbocycles. The SMILES string of the molecule is CCC[NH+](CC(=O)Nc1ccc(C)cc1)CC(=O)Nc1ccccc1C. The molecule has 0 heterocycles. The van der Waals surface area contributed by atoms with Gasteiger partial charge in [-0.1, -0.05) is 42.8 Å². The summed E-state index contributed by atoms with van der Waals surface area (Å²) in [4.78, 5) is 25.6. The van der Waals surface area contributed by atoms with Gasteiger partial charge in [-0.3, -0.25) is 9.59 Å². The fraction of sp³-hybridized carbons (Fsp3) is 0.333. The zero-order valence-electron chi connectivity index (χ0n) is 15.8. The molecule has 3 N–H and O–H groups in total. The minimum atomic E-state index is -0.0824. The summed E-state index contributed by atoms with van der Waals surface area (Å²) in [5, 5.41) is 5.84. The van der Waals surface area contributed by atoms with Crippen molar-refractivity contribution >= 4 is 23.2 Å². The smallest absolute Gasteiger partial charge is 0.279 e. The van der Waals surface area contributed by atoms with Crippen molar-refractivity contribution in [3.8, 4) is 0 Å². The molecule has 0 spiro atoms. The first-order valence-corrected chi connectivity index (χ1v) is 9.03. The maximum atomic E-state index is 12.4. The highest BCUT2D eigenvalue weighted by Crippen LogP contribution is 2.12. The molecule has 138 valence electrons. The van der Waals surface area contributed by atoms with Crippen molar-refractivity contribution in [1.29, 1.82) is 0 Å². The number of carbonyl (C=O) groups excluding carboxylic acids is 2. The molecule has 26 heavy (non-hydrogen) atoms. The summed E-state index contributed by atoms with van der Waals surface area (Å²) < 4.78 is 0. The Morgan fingerprint density at radius 1 is 0.885 bits per heavy atom. The van der Waals surface area contributed by atoms with Crippen molar-refractivity contribution in [2.45, 2.75) is 27.2 Å². The van der Waals surface area contributed by atoms with Crippen LogP contribution in [0, 0.1) is 13.8 Å². The Morgan fingerprint density at radius 2 is 1.50 bits per heavy atom. The molecule has 1 atom stereocenters. The van der Waals surface area contributed by atoms with Crippen LogP contribution in [0.25, 0.3) is 0 Å². The van der Waals surface area contributed by atoms with Crippen LogP contribution in [0.15, 0.2) is 48.5 Å². The van der Waals surface area contributed by atoms with Crippen LogP contribution in [0.5, 0.6) is 0 Å². The van der Waals surface area contributed by atoms with E-state index in [4.69, 9.17) is 0 Å². The average molecular weight is 354 g/mol. The lowest BCUT2D eigenvalue weighted by atomic mass is 10.2. The molecule has 0 bridgehead atoms. The molecule has 5 nitrogen and oxygen atoms in total. The molecule has 0 fully saturated rings. The number of para-hydroxylation sites is 1. The third-order valence-electron chi connectivity index (χ3n) is 4.18. The van der Waals surface area contributed by atoms with Crippen molar-refractivity contribution in [2.75, 3.05) is 30.3 Å². The topological polar surface area (TPSA) is 62.6 Å². The number of anilines is 2. The third-order valence-corrected chi connectivity index (χ3v) is 4.18. The van der Waals surface area contributed by atoms with Crippen LogP contribution in [0.1, 0.15) is 24.5 Å². The van der Waals surface area contributed by atoms with Crippen molar-refractivity contribution in [2.24, 2.45) is 0 Å². The molecule has 0 aliphatic heterocycles. The van der Waals surface area contributed by atoms with Crippen LogP contribution in [0.4, 0.5) is 11.4 Å². The summed E-state index contributed by atoms with van der Waals surface area (Å²) in [6.45, 7) is 7.32. The van der Waals surface area contributed by atoms with E-state index in [1.807, 2.05) is 62.4 Å². The second-order valence-corrected chi connectivity index (χ2v) is 6.63. The molecular weight excluding hydrogens is 326 g/mol. The Morgan fingerprint density at radius 3 is 2.12 bits per heavy atom. The molecular formula is C21H28N3O2+. The minimum absolute atomic E-state index is 0.0779. The lowest BCUT2D eigenvalue weighted by Gasteiger charge is -2.18. The van der Waals surface area contributed by atoms with Crippen molar-refractivity contribution in [3.05, 3.63) is 59.7 Å². The van der Waals surface area contributed by atoms with Crippen molar-refractivity contribution in [3.63, 3.8) is 0 Å². The van der Waals surface area contributed by atoms with Gasteiger partial charge < -0.3 is 15.5 Å². The molecule has 0 aliphatic rings. The number of carbonyl (C=O) groups is 2. The van der Waals surface area contributed by atoms with E-state index in [-0.39, 0.29) is 24.9 Å². The summed E-state index contributed by atoms with van der Waals surface area (Å²) in [7, 11) is 0. The highest BCUT2D eigenvalue weighted by Gasteiger charge is 2.18. The zero-order valence-corrected chi connectivity index (χ0v) is 15.8. The van der Waals surface area contributed by atoms with Crippen molar-refractivity contribution in [1.82, 2.24) is 0 Å². The third kappa shape index (κ3) is 6.33. The number of amides is 2. The van der Waals surface area contributed by atoms with E-state index < -0.39 is 0 Å². The number of aryl methyl sites for hydroxylation is 2. The van der Waals surface area contributed by atoms with Gasteiger partial charge in [0.05, 0.1) is 6.54 Å². The molecule has 0 aliphatic carbocycles. The molecule has 2 amide bonds. The fourth-order valence-electron chi connectivity index (χ4n) is 2.80. The average Bonchev–Trinajstić information content (AvgIpc) is 2.59. The molecule has 0 aromatic heterocycles. The lowest BCUT2D eigenvalue weighted by molar-refractivity contribution is -0.883. The van der Waals surface area contributed by atoms with Gasteiger partial charge in [0, 0.05) is 11.4 Å². The zero-order chi connectivity index (χ0) is 18.9. The summed E-state index contributed by atoms with van der Waals surface area (Å²) in [5.74, 6) is -0.160. The lowest BCUT2D eigenvalue weighted by Crippen LogP contribution is -3.14. The van der Waals surface area contributed by atoms with Crippen LogP contribution in [0.3, 0.4) is 0 Å². The Hall–Kier alpha value is -2.66. The molecule has 2 rings (SSSR count). The van der Waals surface area contributed by atoms with Gasteiger partial charge in [-0.2, -0.15) is 0 Å². The van der Waals surface area contributed by atoms with E-state index in [0.29, 0.717) is 0 Å². The van der Waals surface area contributed by atoms with E-state index in [1.54, 1.807) is 0 Å². The standard InChI is InChI=1S/C21H27N3O2/c1-4-13-24(14-20(25)22-18-11-9-16(2)10-12-18)15-21(26)23-19-8-6-5-7-17(19)3/h5-12H,4,13-15H2,1-3H3,(H,22,25)(H,23,26)/p+1. The van der Waals surface area contributed by atoms with Crippen LogP contribution >= 0.6 is 0 Å². The Balaban J connectivity index is 1.90. The number of nitrogens with one attached hydrogen (secondary N) is 3. The molecule has 2 aromatic rings. The number of hydrogen-bond donors (Lipinski definition) is 3. The van der Waals surface area contributed by atoms with E-state index in [1.165, 1.54) is 0 Å². The van der Waals surface area contributed by atoms with Crippen LogP contribution < -0.4 is 15.5 Å². The molecule has 0 saturated heterocycles. The van der Waals surface area contributed by atoms with E-state index >= 15 is 0 Å². The van der Waals surface area contributed by atoms with Gasteiger partial charge >= 0.3 is 0 Å². The van der Waals surface area contributed by atoms with Gasteiger partial charge in [-0.15, -0.1) is 0 Å². The Kier molecular flexibility index (Phi) is 7.36. The maximum absolute atomic E-state index is 12.4. The molecule has 1 unspecified atom stereocenters. The minimum Gasteiger partial charge on any atom is -0.321 e. The largest absolute Gasteiger partial charge is 0.321 e. The van der Waals surface area contributed by atoms with E-state index in [2.05, 4.69) is 17.6 Å². The van der Waals surface area contributed by atoms with E-state index in [9.17, 15) is 9.59 Å². The van der Waals surface area contributed by atoms with Gasteiger partial charge in [0.15, 0.2) is 13.1 Å². The van der Waals surface area contributed by atoms with Gasteiger partial charge in [-0.05, 0) is 44.0 Å². The Labute approximate surface area is 155 Å². The van der Waals surface area contributed by atoms with Gasteiger partial charge in [0.25, 0.3) is 11.8 Å². The van der Waals surface area contributed by atoms with Gasteiger partial charge in [0.2, 0.25) is 0 Å². The van der Waals surface area contributed by atoms with Crippen LogP contribution in [0.2, 0.25) is 0 Å². The summed E-state index contributed by atoms with van der Waals surface area (Å²) in [5.41, 5.74) is 3.77. The highest BCUT2D eigenvalue weighted by atomic mass is 16.2. The number of quaternary nitrogens is 1. The normalized spacial score (nSPS) is 11.7. The maximum Gasteiger partial charge on any atom is 0.279 e. The number of hydrogen-bond acceptors (Lipinski definition) is 2. The first kappa shape index (κ1) is 19.7. The second-order valence-electron chi connectivity index (χ2n) is 6.63. The summed E-state index contributed by atoms with van der Waals surface area (Å²) in [6, 6.07) is 15.4. The first-order valence-electron chi connectivity index (χ1n) is 9.03. The summed E-state index contributed by atoms with van der Waals surface area (Å²) >= 11 is 0. The predicted molar refractivity (Wildman–Crippen MR) is 105 cm³/mol. The first-order chi connectivity index (χ1) is 12.5. The molecule has 5 heteroatoms. The molecule has 0 radical (unpaired) electrons. The predicted octanol–water partition coefficient (Wildman–Crippen LogP) is 2.18. The fourth-order valence-corrected chi connectivity index (χ4v) is 2.80. The van der Waals surface area contributed by atoms with Gasteiger partial charge in [0.1, 0.15) is 0 Å². The Bertz CT molecular complexity index is 741. The number of rotatable bonds is 8.